The molecule has 128 valence electrons. The fraction of sp³-hybridized carbons (Fsp3) is 0. The van der Waals surface area contributed by atoms with Crippen molar-refractivity contribution >= 4 is 10.9 Å². The number of aromatic nitrogens is 2. The largest absolute Gasteiger partial charge is 0.232 e. The number of fused-ring (bicyclic) bond motifs is 1. The van der Waals surface area contributed by atoms with E-state index in [-0.39, 0.29) is 0 Å². The summed E-state index contributed by atoms with van der Waals surface area (Å²) in [5, 5.41) is 6.04. The highest BCUT2D eigenvalue weighted by Gasteiger charge is 2.14. The maximum absolute atomic E-state index is 4.88. The van der Waals surface area contributed by atoms with Gasteiger partial charge in [-0.05, 0) is 29.3 Å². The van der Waals surface area contributed by atoms with E-state index in [0.717, 1.165) is 22.3 Å². The SMILES string of the molecule is c1ccc(-c2ccc(-n3nc4ccccc4c3-c3ccccc3)cc2)cc1. The molecule has 0 saturated carbocycles. The van der Waals surface area contributed by atoms with Gasteiger partial charge in [-0.2, -0.15) is 5.10 Å². The lowest BCUT2D eigenvalue weighted by molar-refractivity contribution is 0.904. The van der Waals surface area contributed by atoms with Crippen LogP contribution in [0.2, 0.25) is 0 Å². The summed E-state index contributed by atoms with van der Waals surface area (Å²) in [7, 11) is 0. The summed E-state index contributed by atoms with van der Waals surface area (Å²) in [6.45, 7) is 0. The van der Waals surface area contributed by atoms with Gasteiger partial charge in [0, 0.05) is 10.9 Å². The second-order valence-electron chi connectivity index (χ2n) is 6.56. The first-order valence-electron chi connectivity index (χ1n) is 9.09. The van der Waals surface area contributed by atoms with Gasteiger partial charge in [-0.3, -0.25) is 0 Å². The molecule has 5 aromatic rings. The first-order valence-corrected chi connectivity index (χ1v) is 9.09. The van der Waals surface area contributed by atoms with E-state index in [0.29, 0.717) is 0 Å². The van der Waals surface area contributed by atoms with E-state index in [1.54, 1.807) is 0 Å². The number of benzene rings is 4. The molecular formula is C25H18N2. The van der Waals surface area contributed by atoms with Crippen molar-refractivity contribution in [2.24, 2.45) is 0 Å². The quantitative estimate of drug-likeness (QED) is 0.372. The summed E-state index contributed by atoms with van der Waals surface area (Å²) in [6.07, 6.45) is 0. The third-order valence-electron chi connectivity index (χ3n) is 4.84. The summed E-state index contributed by atoms with van der Waals surface area (Å²) in [5.74, 6) is 0. The Balaban J connectivity index is 1.67. The van der Waals surface area contributed by atoms with E-state index in [9.17, 15) is 0 Å². The molecule has 2 heteroatoms. The first kappa shape index (κ1) is 15.6. The number of rotatable bonds is 3. The van der Waals surface area contributed by atoms with Gasteiger partial charge in [-0.25, -0.2) is 4.68 Å². The van der Waals surface area contributed by atoms with E-state index in [2.05, 4.69) is 95.7 Å². The van der Waals surface area contributed by atoms with Gasteiger partial charge in [0.2, 0.25) is 0 Å². The topological polar surface area (TPSA) is 17.8 Å². The fourth-order valence-electron chi connectivity index (χ4n) is 3.52. The number of nitrogens with zero attached hydrogens (tertiary/aromatic N) is 2. The molecule has 1 heterocycles. The maximum atomic E-state index is 4.88. The Kier molecular flexibility index (Phi) is 3.80. The third-order valence-corrected chi connectivity index (χ3v) is 4.84. The molecule has 0 radical (unpaired) electrons. The molecule has 0 atom stereocenters. The molecule has 27 heavy (non-hydrogen) atoms. The number of hydrogen-bond acceptors (Lipinski definition) is 1. The molecule has 2 nitrogen and oxygen atoms in total. The van der Waals surface area contributed by atoms with E-state index < -0.39 is 0 Å². The van der Waals surface area contributed by atoms with Crippen LogP contribution >= 0.6 is 0 Å². The molecule has 0 unspecified atom stereocenters. The predicted molar refractivity (Wildman–Crippen MR) is 112 cm³/mol. The molecule has 4 aromatic carbocycles. The second-order valence-corrected chi connectivity index (χ2v) is 6.56. The van der Waals surface area contributed by atoms with E-state index in [4.69, 9.17) is 5.10 Å². The van der Waals surface area contributed by atoms with Crippen LogP contribution in [0.25, 0.3) is 39.0 Å². The van der Waals surface area contributed by atoms with Gasteiger partial charge in [0.25, 0.3) is 0 Å². The molecule has 0 spiro atoms. The lowest BCUT2D eigenvalue weighted by Crippen LogP contribution is -1.98. The van der Waals surface area contributed by atoms with Crippen molar-refractivity contribution in [3.8, 4) is 28.1 Å². The molecule has 0 N–H and O–H groups in total. The first-order chi connectivity index (χ1) is 13.4. The van der Waals surface area contributed by atoms with Crippen LogP contribution in [0.15, 0.2) is 109 Å². The molecule has 0 aliphatic heterocycles. The Labute approximate surface area is 158 Å². The molecule has 1 aromatic heterocycles. The van der Waals surface area contributed by atoms with Crippen molar-refractivity contribution in [3.63, 3.8) is 0 Å². The number of hydrogen-bond donors (Lipinski definition) is 0. The van der Waals surface area contributed by atoms with Crippen LogP contribution in [0.5, 0.6) is 0 Å². The van der Waals surface area contributed by atoms with Crippen LogP contribution in [0.4, 0.5) is 0 Å². The minimum absolute atomic E-state index is 1.00. The van der Waals surface area contributed by atoms with Crippen LogP contribution in [-0.4, -0.2) is 9.78 Å². The molecule has 0 aliphatic rings. The molecule has 5 rings (SSSR count). The van der Waals surface area contributed by atoms with Gasteiger partial charge in [0.15, 0.2) is 0 Å². The van der Waals surface area contributed by atoms with Crippen molar-refractivity contribution in [1.82, 2.24) is 9.78 Å². The minimum atomic E-state index is 1.00. The Bertz CT molecular complexity index is 1190. The van der Waals surface area contributed by atoms with Crippen molar-refractivity contribution < 1.29 is 0 Å². The lowest BCUT2D eigenvalue weighted by Gasteiger charge is -2.09. The predicted octanol–water partition coefficient (Wildman–Crippen LogP) is 6.36. The van der Waals surface area contributed by atoms with Gasteiger partial charge >= 0.3 is 0 Å². The highest BCUT2D eigenvalue weighted by Crippen LogP contribution is 2.31. The van der Waals surface area contributed by atoms with E-state index in [1.807, 2.05) is 18.2 Å². The van der Waals surface area contributed by atoms with E-state index >= 15 is 0 Å². The average molecular weight is 346 g/mol. The third kappa shape index (κ3) is 2.81. The highest BCUT2D eigenvalue weighted by atomic mass is 15.3. The minimum Gasteiger partial charge on any atom is -0.232 e. The van der Waals surface area contributed by atoms with Crippen LogP contribution < -0.4 is 0 Å². The van der Waals surface area contributed by atoms with Crippen molar-refractivity contribution in [2.45, 2.75) is 0 Å². The van der Waals surface area contributed by atoms with Gasteiger partial charge in [0.05, 0.1) is 16.9 Å². The van der Waals surface area contributed by atoms with Crippen molar-refractivity contribution in [3.05, 3.63) is 109 Å². The summed E-state index contributed by atoms with van der Waals surface area (Å²) < 4.78 is 2.05. The van der Waals surface area contributed by atoms with Gasteiger partial charge < -0.3 is 0 Å². The summed E-state index contributed by atoms with van der Waals surface area (Å²) in [5.41, 5.74) is 6.78. The molecule has 0 fully saturated rings. The normalized spacial score (nSPS) is 11.0. The Morgan fingerprint density at radius 3 is 1.74 bits per heavy atom. The van der Waals surface area contributed by atoms with Crippen LogP contribution in [0.3, 0.4) is 0 Å². The maximum Gasteiger partial charge on any atom is 0.0934 e. The zero-order valence-corrected chi connectivity index (χ0v) is 14.8. The summed E-state index contributed by atoms with van der Waals surface area (Å²) in [6, 6.07) is 37.8. The van der Waals surface area contributed by atoms with Crippen molar-refractivity contribution in [2.75, 3.05) is 0 Å². The van der Waals surface area contributed by atoms with Gasteiger partial charge in [-0.15, -0.1) is 0 Å². The average Bonchev–Trinajstić information content (AvgIpc) is 3.15. The Hall–Kier alpha value is -3.65. The Morgan fingerprint density at radius 1 is 0.481 bits per heavy atom. The summed E-state index contributed by atoms with van der Waals surface area (Å²) >= 11 is 0. The summed E-state index contributed by atoms with van der Waals surface area (Å²) in [4.78, 5) is 0. The molecule has 0 amide bonds. The van der Waals surface area contributed by atoms with Crippen LogP contribution in [0.1, 0.15) is 0 Å². The standard InChI is InChI=1S/C25H18N2/c1-3-9-19(10-4-1)20-15-17-22(18-16-20)27-25(21-11-5-2-6-12-21)23-13-7-8-14-24(23)26-27/h1-18H. The molecular weight excluding hydrogens is 328 g/mol. The molecule has 0 bridgehead atoms. The zero-order valence-electron chi connectivity index (χ0n) is 14.8. The zero-order chi connectivity index (χ0) is 18.1. The fourth-order valence-corrected chi connectivity index (χ4v) is 3.52. The van der Waals surface area contributed by atoms with Gasteiger partial charge in [-0.1, -0.05) is 91.0 Å². The second kappa shape index (κ2) is 6.58. The highest BCUT2D eigenvalue weighted by molar-refractivity contribution is 5.94. The van der Waals surface area contributed by atoms with Crippen LogP contribution in [-0.2, 0) is 0 Å². The lowest BCUT2D eigenvalue weighted by atomic mass is 10.1. The van der Waals surface area contributed by atoms with Crippen molar-refractivity contribution in [1.29, 1.82) is 0 Å². The molecule has 0 aliphatic carbocycles. The Morgan fingerprint density at radius 2 is 1.04 bits per heavy atom. The van der Waals surface area contributed by atoms with E-state index in [1.165, 1.54) is 16.7 Å². The smallest absolute Gasteiger partial charge is 0.0934 e. The van der Waals surface area contributed by atoms with Gasteiger partial charge in [0.1, 0.15) is 0 Å². The molecule has 0 saturated heterocycles. The monoisotopic (exact) mass is 346 g/mol. The van der Waals surface area contributed by atoms with Crippen LogP contribution in [0, 0.1) is 0 Å².